The molecule has 4 aromatic heterocycles. The van der Waals surface area contributed by atoms with Gasteiger partial charge in [-0.3, -0.25) is 9.88 Å². The summed E-state index contributed by atoms with van der Waals surface area (Å²) in [6, 6.07) is 7.56. The average Bonchev–Trinajstić information content (AvgIpc) is 3.34. The lowest BCUT2D eigenvalue weighted by Gasteiger charge is -2.48. The van der Waals surface area contributed by atoms with E-state index in [9.17, 15) is 9.59 Å². The van der Waals surface area contributed by atoms with Crippen LogP contribution >= 0.6 is 0 Å². The number of hydrogen-bond donors (Lipinski definition) is 2. The third kappa shape index (κ3) is 6.21. The molecular weight excluding hydrogens is 554 g/mol. The van der Waals surface area contributed by atoms with Crippen LogP contribution in [-0.4, -0.2) is 83.6 Å². The minimum absolute atomic E-state index is 0.121. The largest absolute Gasteiger partial charge is 0.488 e. The number of morpholine rings is 1. The molecule has 1 amide bonds. The number of aryl methyl sites for hydroxylation is 1. The van der Waals surface area contributed by atoms with Crippen molar-refractivity contribution < 1.29 is 28.9 Å². The molecule has 2 N–H and O–H groups in total. The molecule has 43 heavy (non-hydrogen) atoms. The van der Waals surface area contributed by atoms with Crippen molar-refractivity contribution >= 4 is 29.2 Å². The van der Waals surface area contributed by atoms with Crippen molar-refractivity contribution in [2.75, 3.05) is 18.5 Å². The highest BCUT2D eigenvalue weighted by Gasteiger charge is 2.44. The Labute approximate surface area is 247 Å². The predicted molar refractivity (Wildman–Crippen MR) is 156 cm³/mol. The maximum atomic E-state index is 13.0. The number of fused-ring (bicyclic) bond motifs is 3. The second kappa shape index (κ2) is 11.1. The summed E-state index contributed by atoms with van der Waals surface area (Å²) in [5.74, 6) is 0.429. The fourth-order valence-electron chi connectivity index (χ4n) is 5.48. The molecule has 0 radical (unpaired) electrons. The van der Waals surface area contributed by atoms with Gasteiger partial charge in [-0.2, -0.15) is 5.10 Å². The molecule has 0 aliphatic carbocycles. The smallest absolute Gasteiger partial charge is 0.410 e. The number of pyridine rings is 2. The van der Waals surface area contributed by atoms with Crippen LogP contribution < -0.4 is 10.1 Å². The third-order valence-corrected chi connectivity index (χ3v) is 7.28. The van der Waals surface area contributed by atoms with Crippen molar-refractivity contribution in [3.63, 3.8) is 0 Å². The molecule has 13 nitrogen and oxygen atoms in total. The Morgan fingerprint density at radius 1 is 1.02 bits per heavy atom. The van der Waals surface area contributed by atoms with Gasteiger partial charge in [0.25, 0.3) is 0 Å². The topological polar surface area (TPSA) is 153 Å². The lowest BCUT2D eigenvalue weighted by molar-refractivity contribution is -0.0993. The maximum Gasteiger partial charge on any atom is 0.410 e. The van der Waals surface area contributed by atoms with E-state index in [1.165, 1.54) is 12.4 Å². The van der Waals surface area contributed by atoms with Crippen molar-refractivity contribution in [1.29, 1.82) is 0 Å². The highest BCUT2D eigenvalue weighted by molar-refractivity contribution is 5.85. The number of nitrogens with zero attached hydrogens (tertiary/aromatic N) is 6. The summed E-state index contributed by atoms with van der Waals surface area (Å²) in [5.41, 5.74) is 2.80. The lowest BCUT2D eigenvalue weighted by atomic mass is 9.92. The number of carboxylic acids is 1. The van der Waals surface area contributed by atoms with Gasteiger partial charge in [0.15, 0.2) is 11.5 Å². The molecule has 13 heteroatoms. The zero-order chi connectivity index (χ0) is 30.3. The summed E-state index contributed by atoms with van der Waals surface area (Å²) in [6.07, 6.45) is 6.96. The molecule has 0 spiro atoms. The first kappa shape index (κ1) is 28.3. The first-order valence-electron chi connectivity index (χ1n) is 14.1. The molecule has 6 rings (SSSR count). The molecule has 2 atom stereocenters. The van der Waals surface area contributed by atoms with Crippen molar-refractivity contribution in [3.05, 3.63) is 60.4 Å². The Morgan fingerprint density at radius 2 is 1.79 bits per heavy atom. The molecule has 0 aromatic carbocycles. The molecule has 224 valence electrons. The Morgan fingerprint density at radius 3 is 2.47 bits per heavy atom. The van der Waals surface area contributed by atoms with Crippen LogP contribution in [0.5, 0.6) is 5.75 Å². The van der Waals surface area contributed by atoms with Crippen LogP contribution in [0.2, 0.25) is 0 Å². The molecule has 2 bridgehead atoms. The van der Waals surface area contributed by atoms with Gasteiger partial charge in [0.1, 0.15) is 23.3 Å². The van der Waals surface area contributed by atoms with Gasteiger partial charge in [0.05, 0.1) is 49.4 Å². The second-order valence-electron chi connectivity index (χ2n) is 11.8. The van der Waals surface area contributed by atoms with Gasteiger partial charge in [-0.25, -0.2) is 24.1 Å². The van der Waals surface area contributed by atoms with Gasteiger partial charge >= 0.3 is 12.1 Å². The number of piperidine rings is 1. The number of carbonyl (C=O) groups excluding carboxylic acids is 1. The predicted octanol–water partition coefficient (Wildman–Crippen LogP) is 4.48. The van der Waals surface area contributed by atoms with Crippen LogP contribution in [0.1, 0.15) is 49.8 Å². The summed E-state index contributed by atoms with van der Waals surface area (Å²) in [5, 5.41) is 16.6. The molecule has 4 aromatic rings. The first-order chi connectivity index (χ1) is 20.5. The zero-order valence-corrected chi connectivity index (χ0v) is 24.4. The van der Waals surface area contributed by atoms with Crippen molar-refractivity contribution in [2.24, 2.45) is 0 Å². The van der Waals surface area contributed by atoms with E-state index >= 15 is 0 Å². The van der Waals surface area contributed by atoms with Crippen LogP contribution in [0, 0.1) is 6.92 Å². The van der Waals surface area contributed by atoms with E-state index in [4.69, 9.17) is 19.3 Å². The van der Waals surface area contributed by atoms with E-state index in [1.807, 2.05) is 63.1 Å². The van der Waals surface area contributed by atoms with Crippen molar-refractivity contribution in [1.82, 2.24) is 29.5 Å². The summed E-state index contributed by atoms with van der Waals surface area (Å²) in [7, 11) is 0. The van der Waals surface area contributed by atoms with Crippen LogP contribution in [-0.2, 0) is 9.47 Å². The summed E-state index contributed by atoms with van der Waals surface area (Å²) >= 11 is 0. The Bertz CT molecular complexity index is 1650. The molecule has 2 aliphatic rings. The maximum absolute atomic E-state index is 13.0. The number of carbonyl (C=O) groups is 2. The van der Waals surface area contributed by atoms with E-state index in [-0.39, 0.29) is 30.0 Å². The van der Waals surface area contributed by atoms with Gasteiger partial charge in [0.2, 0.25) is 0 Å². The molecular formula is C30H33N7O6. The summed E-state index contributed by atoms with van der Waals surface area (Å²) in [4.78, 5) is 38.3. The third-order valence-electron chi connectivity index (χ3n) is 7.28. The average molecular weight is 588 g/mol. The van der Waals surface area contributed by atoms with Gasteiger partial charge in [-0.15, -0.1) is 0 Å². The number of amides is 1. The van der Waals surface area contributed by atoms with E-state index in [0.29, 0.717) is 43.4 Å². The lowest BCUT2D eigenvalue weighted by Crippen LogP contribution is -2.61. The monoisotopic (exact) mass is 587 g/mol. The van der Waals surface area contributed by atoms with E-state index in [2.05, 4.69) is 25.4 Å². The number of aromatic nitrogens is 5. The van der Waals surface area contributed by atoms with Crippen molar-refractivity contribution in [3.8, 4) is 16.9 Å². The SMILES string of the molecule is Cc1cc(-c2ccn3nc(Nc4cnc(C(=O)O)cn4)cc3c2)c(OC2CC3COCC(C2)N3C(=O)OC(C)(C)C)cn1. The number of nitrogens with one attached hydrogen (secondary N) is 1. The Kier molecular flexibility index (Phi) is 7.34. The standard InChI is InChI=1S/C30H33N7O6/c1-17-7-23(18-5-6-36-19(8-18)11-26(35-36)34-27-14-32-24(12-33-27)28(38)39)25(13-31-17)42-22-9-20-15-41-16-21(10-22)37(20)29(40)43-30(2,3)4/h5-8,11-14,20-22H,9-10,15-16H2,1-4H3,(H,38,39)(H,33,34,35). The number of carboxylic acid groups (broad SMARTS) is 1. The van der Waals surface area contributed by atoms with Gasteiger partial charge in [-0.1, -0.05) is 0 Å². The molecule has 2 aliphatic heterocycles. The molecule has 6 heterocycles. The van der Waals surface area contributed by atoms with E-state index in [1.54, 1.807) is 10.7 Å². The van der Waals surface area contributed by atoms with Crippen molar-refractivity contribution in [2.45, 2.75) is 64.3 Å². The Hall–Kier alpha value is -4.78. The zero-order valence-electron chi connectivity index (χ0n) is 24.4. The highest BCUT2D eigenvalue weighted by Crippen LogP contribution is 2.36. The minimum Gasteiger partial charge on any atom is -0.488 e. The number of aromatic carboxylic acids is 1. The first-order valence-corrected chi connectivity index (χ1v) is 14.1. The second-order valence-corrected chi connectivity index (χ2v) is 11.8. The summed E-state index contributed by atoms with van der Waals surface area (Å²) in [6.45, 7) is 8.43. The summed E-state index contributed by atoms with van der Waals surface area (Å²) < 4.78 is 19.8. The molecule has 2 saturated heterocycles. The van der Waals surface area contributed by atoms with Crippen LogP contribution in [0.3, 0.4) is 0 Å². The quantitative estimate of drug-likeness (QED) is 0.328. The minimum atomic E-state index is -1.14. The van der Waals surface area contributed by atoms with Gasteiger partial charge in [0, 0.05) is 36.4 Å². The van der Waals surface area contributed by atoms with Crippen LogP contribution in [0.4, 0.5) is 16.4 Å². The molecule has 2 fully saturated rings. The molecule has 2 unspecified atom stereocenters. The van der Waals surface area contributed by atoms with Crippen LogP contribution in [0.25, 0.3) is 16.6 Å². The fraction of sp³-hybridized carbons (Fsp3) is 0.400. The fourth-order valence-corrected chi connectivity index (χ4v) is 5.48. The number of anilines is 2. The highest BCUT2D eigenvalue weighted by atomic mass is 16.6. The normalized spacial score (nSPS) is 20.1. The van der Waals surface area contributed by atoms with Crippen LogP contribution in [0.15, 0.2) is 49.1 Å². The van der Waals surface area contributed by atoms with Gasteiger partial charge < -0.3 is 24.6 Å². The van der Waals surface area contributed by atoms with E-state index < -0.39 is 11.6 Å². The molecule has 0 saturated carbocycles. The Balaban J connectivity index is 1.21. The van der Waals surface area contributed by atoms with Gasteiger partial charge in [-0.05, 0) is 51.5 Å². The number of ether oxygens (including phenoxy) is 3. The van der Waals surface area contributed by atoms with E-state index in [0.717, 1.165) is 22.3 Å². The number of hydrogen-bond acceptors (Lipinski definition) is 10. The number of rotatable bonds is 6.